The molecular weight excluding hydrogens is 419 g/mol. The molecule has 154 valence electrons. The average molecular weight is 445 g/mol. The van der Waals surface area contributed by atoms with Gasteiger partial charge in [-0.3, -0.25) is 4.79 Å². The van der Waals surface area contributed by atoms with Gasteiger partial charge in [-0.2, -0.15) is 0 Å². The molecule has 0 aliphatic rings. The van der Waals surface area contributed by atoms with Gasteiger partial charge in [-0.15, -0.1) is 10.2 Å². The van der Waals surface area contributed by atoms with Gasteiger partial charge in [-0.25, -0.2) is 0 Å². The summed E-state index contributed by atoms with van der Waals surface area (Å²) >= 11 is 13.8. The van der Waals surface area contributed by atoms with Gasteiger partial charge in [0.25, 0.3) is 0 Å². The molecule has 2 aromatic rings. The number of hydrogen-bond donors (Lipinski definition) is 1. The van der Waals surface area contributed by atoms with Gasteiger partial charge in [0.1, 0.15) is 0 Å². The van der Waals surface area contributed by atoms with E-state index in [0.717, 1.165) is 12.0 Å². The minimum Gasteiger partial charge on any atom is -0.385 e. The van der Waals surface area contributed by atoms with Crippen molar-refractivity contribution in [3.8, 4) is 11.4 Å². The Kier molecular flexibility index (Phi) is 9.08. The lowest BCUT2D eigenvalue weighted by atomic mass is 10.2. The molecule has 1 amide bonds. The van der Waals surface area contributed by atoms with Gasteiger partial charge in [-0.1, -0.05) is 48.8 Å². The second-order valence-electron chi connectivity index (χ2n) is 6.83. The van der Waals surface area contributed by atoms with Gasteiger partial charge in [-0.05, 0) is 37.5 Å². The Morgan fingerprint density at radius 1 is 1.29 bits per heavy atom. The molecule has 6 nitrogen and oxygen atoms in total. The minimum atomic E-state index is -0.300. The first-order chi connectivity index (χ1) is 13.3. The van der Waals surface area contributed by atoms with Crippen molar-refractivity contribution in [1.82, 2.24) is 20.1 Å². The molecule has 0 radical (unpaired) electrons. The summed E-state index contributed by atoms with van der Waals surface area (Å²) in [5.74, 6) is 1.01. The van der Waals surface area contributed by atoms with Crippen LogP contribution in [0, 0.1) is 5.92 Å². The maximum atomic E-state index is 12.3. The van der Waals surface area contributed by atoms with Crippen LogP contribution in [0.3, 0.4) is 0 Å². The molecule has 0 aliphatic carbocycles. The first-order valence-corrected chi connectivity index (χ1v) is 10.8. The number of rotatable bonds is 10. The summed E-state index contributed by atoms with van der Waals surface area (Å²) in [4.78, 5) is 12.3. The summed E-state index contributed by atoms with van der Waals surface area (Å²) in [6, 6.07) is 5.31. The Bertz CT molecular complexity index is 798. The first-order valence-electron chi connectivity index (χ1n) is 9.15. The first kappa shape index (κ1) is 23.0. The van der Waals surface area contributed by atoms with Gasteiger partial charge < -0.3 is 14.6 Å². The Balaban J connectivity index is 2.20. The van der Waals surface area contributed by atoms with Gasteiger partial charge in [0.15, 0.2) is 11.0 Å². The molecule has 0 spiro atoms. The van der Waals surface area contributed by atoms with Crippen LogP contribution < -0.4 is 5.32 Å². The fourth-order valence-corrected chi connectivity index (χ4v) is 3.93. The predicted octanol–water partition coefficient (Wildman–Crippen LogP) is 4.54. The summed E-state index contributed by atoms with van der Waals surface area (Å²) in [5, 5.41) is 13.1. The van der Waals surface area contributed by atoms with Gasteiger partial charge in [0, 0.05) is 37.4 Å². The largest absolute Gasteiger partial charge is 0.385 e. The number of thioether (sulfide) groups is 1. The van der Waals surface area contributed by atoms with Gasteiger partial charge in [0.05, 0.1) is 10.3 Å². The SMILES string of the molecule is COCCCNC(=O)C(C)Sc1nnc(-c2ccc(Cl)cc2Cl)n1CC(C)C. The van der Waals surface area contributed by atoms with Crippen LogP contribution in [0.15, 0.2) is 23.4 Å². The molecule has 1 aromatic carbocycles. The molecule has 2 rings (SSSR count). The molecule has 1 N–H and O–H groups in total. The fraction of sp³-hybridized carbons (Fsp3) is 0.526. The molecule has 1 atom stereocenters. The van der Waals surface area contributed by atoms with Gasteiger partial charge >= 0.3 is 0 Å². The molecule has 0 saturated carbocycles. The van der Waals surface area contributed by atoms with E-state index in [-0.39, 0.29) is 11.2 Å². The summed E-state index contributed by atoms with van der Waals surface area (Å²) in [6.45, 7) is 8.02. The van der Waals surface area contributed by atoms with E-state index in [4.69, 9.17) is 27.9 Å². The summed E-state index contributed by atoms with van der Waals surface area (Å²) in [6.07, 6.45) is 0.780. The molecule has 28 heavy (non-hydrogen) atoms. The highest BCUT2D eigenvalue weighted by Crippen LogP contribution is 2.33. The van der Waals surface area contributed by atoms with Crippen LogP contribution in [0.25, 0.3) is 11.4 Å². The zero-order chi connectivity index (χ0) is 20.7. The van der Waals surface area contributed by atoms with Crippen molar-refractivity contribution in [1.29, 1.82) is 0 Å². The third-order valence-electron chi connectivity index (χ3n) is 3.91. The van der Waals surface area contributed by atoms with Crippen LogP contribution in [0.5, 0.6) is 0 Å². The minimum absolute atomic E-state index is 0.0359. The highest BCUT2D eigenvalue weighted by molar-refractivity contribution is 8.00. The van der Waals surface area contributed by atoms with Gasteiger partial charge in [0.2, 0.25) is 5.91 Å². The smallest absolute Gasteiger partial charge is 0.233 e. The lowest BCUT2D eigenvalue weighted by Crippen LogP contribution is -2.32. The molecule has 0 bridgehead atoms. The zero-order valence-electron chi connectivity index (χ0n) is 16.5. The number of nitrogens with zero attached hydrogens (tertiary/aromatic N) is 3. The van der Waals surface area contributed by atoms with E-state index in [2.05, 4.69) is 29.4 Å². The van der Waals surface area contributed by atoms with Crippen LogP contribution in [-0.4, -0.2) is 46.2 Å². The van der Waals surface area contributed by atoms with E-state index in [1.54, 1.807) is 19.2 Å². The van der Waals surface area contributed by atoms with Crippen LogP contribution in [0.4, 0.5) is 0 Å². The normalized spacial score (nSPS) is 12.4. The number of amides is 1. The van der Waals surface area contributed by atoms with E-state index in [1.165, 1.54) is 11.8 Å². The second kappa shape index (κ2) is 11.0. The monoisotopic (exact) mass is 444 g/mol. The van der Waals surface area contributed by atoms with Crippen molar-refractivity contribution in [2.24, 2.45) is 5.92 Å². The molecule has 1 aromatic heterocycles. The Hall–Kier alpha value is -1.28. The molecule has 1 unspecified atom stereocenters. The molecule has 0 fully saturated rings. The zero-order valence-corrected chi connectivity index (χ0v) is 18.9. The summed E-state index contributed by atoms with van der Waals surface area (Å²) < 4.78 is 7.01. The van der Waals surface area contributed by atoms with Crippen LogP contribution >= 0.6 is 35.0 Å². The van der Waals surface area contributed by atoms with E-state index >= 15 is 0 Å². The molecule has 1 heterocycles. The number of halogens is 2. The van der Waals surface area contributed by atoms with Crippen molar-refractivity contribution < 1.29 is 9.53 Å². The van der Waals surface area contributed by atoms with E-state index in [0.29, 0.717) is 46.6 Å². The lowest BCUT2D eigenvalue weighted by molar-refractivity contribution is -0.120. The highest BCUT2D eigenvalue weighted by atomic mass is 35.5. The predicted molar refractivity (Wildman–Crippen MR) is 115 cm³/mol. The Labute approximate surface area is 180 Å². The molecule has 0 saturated heterocycles. The number of aromatic nitrogens is 3. The van der Waals surface area contributed by atoms with E-state index < -0.39 is 0 Å². The van der Waals surface area contributed by atoms with Crippen molar-refractivity contribution in [2.75, 3.05) is 20.3 Å². The molecular formula is C19H26Cl2N4O2S. The second-order valence-corrected chi connectivity index (χ2v) is 8.98. The Morgan fingerprint density at radius 3 is 2.68 bits per heavy atom. The summed E-state index contributed by atoms with van der Waals surface area (Å²) in [5.41, 5.74) is 0.766. The van der Waals surface area contributed by atoms with Crippen LogP contribution in [-0.2, 0) is 16.1 Å². The Morgan fingerprint density at radius 2 is 2.04 bits per heavy atom. The topological polar surface area (TPSA) is 69.0 Å². The quantitative estimate of drug-likeness (QED) is 0.430. The third-order valence-corrected chi connectivity index (χ3v) is 5.54. The molecule has 9 heteroatoms. The number of hydrogen-bond acceptors (Lipinski definition) is 5. The lowest BCUT2D eigenvalue weighted by Gasteiger charge is -2.15. The van der Waals surface area contributed by atoms with Crippen LogP contribution in [0.1, 0.15) is 27.2 Å². The van der Waals surface area contributed by atoms with E-state index in [9.17, 15) is 4.79 Å². The van der Waals surface area contributed by atoms with Crippen molar-refractivity contribution >= 4 is 40.9 Å². The average Bonchev–Trinajstić information content (AvgIpc) is 3.00. The third kappa shape index (κ3) is 6.37. The number of carbonyl (C=O) groups excluding carboxylic acids is 1. The standard InChI is InChI=1S/C19H26Cl2N4O2S/c1-12(2)11-25-17(15-7-6-14(20)10-16(15)21)23-24-19(25)28-13(3)18(26)22-8-5-9-27-4/h6-7,10,12-13H,5,8-9,11H2,1-4H3,(H,22,26). The number of methoxy groups -OCH3 is 1. The maximum absolute atomic E-state index is 12.3. The maximum Gasteiger partial charge on any atom is 0.233 e. The van der Waals surface area contributed by atoms with E-state index in [1.807, 2.05) is 17.6 Å². The fourth-order valence-electron chi connectivity index (χ4n) is 2.56. The summed E-state index contributed by atoms with van der Waals surface area (Å²) in [7, 11) is 1.65. The van der Waals surface area contributed by atoms with Crippen molar-refractivity contribution in [3.63, 3.8) is 0 Å². The number of benzene rings is 1. The number of ether oxygens (including phenoxy) is 1. The van der Waals surface area contributed by atoms with Crippen LogP contribution in [0.2, 0.25) is 10.0 Å². The van der Waals surface area contributed by atoms with Crippen molar-refractivity contribution in [3.05, 3.63) is 28.2 Å². The number of carbonyl (C=O) groups is 1. The highest BCUT2D eigenvalue weighted by Gasteiger charge is 2.22. The van der Waals surface area contributed by atoms with Crippen molar-refractivity contribution in [2.45, 2.75) is 44.1 Å². The number of nitrogens with one attached hydrogen (secondary N) is 1. The molecule has 0 aliphatic heterocycles.